The second-order valence-electron chi connectivity index (χ2n) is 7.05. The minimum atomic E-state index is -3.66. The van der Waals surface area contributed by atoms with E-state index in [-0.39, 0.29) is 11.4 Å². The highest BCUT2D eigenvalue weighted by molar-refractivity contribution is 7.89. The van der Waals surface area contributed by atoms with E-state index in [0.29, 0.717) is 36.9 Å². The number of hydrogen-bond donors (Lipinski definition) is 2. The van der Waals surface area contributed by atoms with Gasteiger partial charge in [-0.2, -0.15) is 9.40 Å². The number of sulfonamides is 1. The van der Waals surface area contributed by atoms with Crippen LogP contribution in [0.5, 0.6) is 0 Å². The summed E-state index contributed by atoms with van der Waals surface area (Å²) >= 11 is 0. The third-order valence-corrected chi connectivity index (χ3v) is 6.89. The number of hydrogen-bond acceptors (Lipinski definition) is 5. The van der Waals surface area contributed by atoms with Crippen LogP contribution in [-0.4, -0.2) is 54.1 Å². The van der Waals surface area contributed by atoms with Gasteiger partial charge in [-0.05, 0) is 39.0 Å². The second-order valence-corrected chi connectivity index (χ2v) is 8.92. The quantitative estimate of drug-likeness (QED) is 0.745. The molecular weight excluding hydrogens is 370 g/mol. The topological polar surface area (TPSA) is 113 Å². The fourth-order valence-electron chi connectivity index (χ4n) is 3.15. The van der Waals surface area contributed by atoms with Crippen molar-refractivity contribution in [1.29, 1.82) is 0 Å². The van der Waals surface area contributed by atoms with Gasteiger partial charge >= 0.3 is 6.03 Å². The van der Waals surface area contributed by atoms with E-state index >= 15 is 0 Å². The van der Waals surface area contributed by atoms with Gasteiger partial charge in [-0.3, -0.25) is 14.8 Å². The molecule has 0 atom stereocenters. The molecule has 27 heavy (non-hydrogen) atoms. The molecule has 1 saturated heterocycles. The lowest BCUT2D eigenvalue weighted by Gasteiger charge is -2.29. The van der Waals surface area contributed by atoms with Gasteiger partial charge in [0.25, 0.3) is 0 Å². The van der Waals surface area contributed by atoms with E-state index in [0.717, 1.165) is 19.3 Å². The van der Waals surface area contributed by atoms with Crippen LogP contribution in [0, 0.1) is 19.8 Å². The van der Waals surface area contributed by atoms with Crippen LogP contribution < -0.4 is 10.6 Å². The molecule has 0 spiro atoms. The average Bonchev–Trinajstić information content (AvgIpc) is 2.87. The minimum absolute atomic E-state index is 0.153. The molecule has 0 aromatic carbocycles. The van der Waals surface area contributed by atoms with Crippen molar-refractivity contribution in [3.8, 4) is 0 Å². The van der Waals surface area contributed by atoms with Crippen LogP contribution in [0.25, 0.3) is 0 Å². The molecule has 0 bridgehead atoms. The predicted molar refractivity (Wildman–Crippen MR) is 101 cm³/mol. The average molecular weight is 400 g/mol. The Hall–Kier alpha value is -1.94. The molecule has 1 aromatic rings. The van der Waals surface area contributed by atoms with Crippen molar-refractivity contribution < 1.29 is 18.0 Å². The lowest BCUT2D eigenvalue weighted by Crippen LogP contribution is -2.41. The first-order chi connectivity index (χ1) is 12.7. The molecule has 0 unspecified atom stereocenters. The number of rotatable bonds is 6. The van der Waals surface area contributed by atoms with Crippen LogP contribution in [0.2, 0.25) is 0 Å². The number of amides is 3. The fraction of sp³-hybridized carbons (Fsp3) is 0.706. The Morgan fingerprint density at radius 3 is 2.44 bits per heavy atom. The molecule has 2 N–H and O–H groups in total. The molecule has 1 fully saturated rings. The number of carbonyl (C=O) groups is 2. The number of nitrogens with zero attached hydrogens (tertiary/aromatic N) is 3. The van der Waals surface area contributed by atoms with Gasteiger partial charge in [0, 0.05) is 19.6 Å². The second kappa shape index (κ2) is 8.83. The number of aryl methyl sites for hydroxylation is 1. The summed E-state index contributed by atoms with van der Waals surface area (Å²) < 4.78 is 28.9. The molecule has 2 heterocycles. The molecule has 152 valence electrons. The predicted octanol–water partition coefficient (Wildman–Crippen LogP) is 1.16. The highest BCUT2D eigenvalue weighted by Gasteiger charge is 2.33. The van der Waals surface area contributed by atoms with E-state index in [1.54, 1.807) is 13.8 Å². The third kappa shape index (κ3) is 5.07. The maximum atomic E-state index is 13.0. The molecule has 10 heteroatoms. The van der Waals surface area contributed by atoms with Gasteiger partial charge in [0.1, 0.15) is 11.4 Å². The summed E-state index contributed by atoms with van der Waals surface area (Å²) in [5.74, 6) is -0.0335. The Labute approximate surface area is 160 Å². The lowest BCUT2D eigenvalue weighted by atomic mass is 10.0. The largest absolute Gasteiger partial charge is 0.338 e. The maximum absolute atomic E-state index is 13.0. The van der Waals surface area contributed by atoms with E-state index in [9.17, 15) is 18.0 Å². The minimum Gasteiger partial charge on any atom is -0.338 e. The zero-order valence-corrected chi connectivity index (χ0v) is 17.2. The molecule has 1 aliphatic heterocycles. The van der Waals surface area contributed by atoms with E-state index in [1.807, 2.05) is 6.92 Å². The standard InChI is InChI=1S/C17H29N5O4S/c1-5-8-18-17(24)19-15(23)11-22-14(4)16(13(3)20-22)27(25,26)21-9-6-12(2)7-10-21/h12H,5-11H2,1-4H3,(H2,18,19,23,24). The van der Waals surface area contributed by atoms with Crippen molar-refractivity contribution in [3.63, 3.8) is 0 Å². The number of piperidine rings is 1. The first kappa shape index (κ1) is 21.4. The number of carbonyl (C=O) groups excluding carboxylic acids is 2. The maximum Gasteiger partial charge on any atom is 0.321 e. The smallest absolute Gasteiger partial charge is 0.321 e. The zero-order chi connectivity index (χ0) is 20.2. The Bertz CT molecular complexity index is 794. The van der Waals surface area contributed by atoms with Crippen LogP contribution in [-0.2, 0) is 21.4 Å². The number of aromatic nitrogens is 2. The van der Waals surface area contributed by atoms with Crippen molar-refractivity contribution in [3.05, 3.63) is 11.4 Å². The fourth-order valence-corrected chi connectivity index (χ4v) is 4.99. The Kier molecular flexibility index (Phi) is 6.99. The van der Waals surface area contributed by atoms with Crippen LogP contribution >= 0.6 is 0 Å². The normalized spacial score (nSPS) is 16.3. The highest BCUT2D eigenvalue weighted by atomic mass is 32.2. The van der Waals surface area contributed by atoms with Crippen LogP contribution in [0.15, 0.2) is 4.90 Å². The molecule has 1 aliphatic rings. The van der Waals surface area contributed by atoms with Crippen molar-refractivity contribution in [2.45, 2.75) is 58.4 Å². The van der Waals surface area contributed by atoms with Gasteiger partial charge in [-0.1, -0.05) is 13.8 Å². The van der Waals surface area contributed by atoms with Gasteiger partial charge in [0.2, 0.25) is 15.9 Å². The van der Waals surface area contributed by atoms with Crippen molar-refractivity contribution in [1.82, 2.24) is 24.7 Å². The van der Waals surface area contributed by atoms with Crippen molar-refractivity contribution in [2.24, 2.45) is 5.92 Å². The van der Waals surface area contributed by atoms with E-state index in [4.69, 9.17) is 0 Å². The number of urea groups is 1. The molecule has 1 aromatic heterocycles. The summed E-state index contributed by atoms with van der Waals surface area (Å²) in [5, 5.41) is 8.98. The molecule has 0 saturated carbocycles. The summed E-state index contributed by atoms with van der Waals surface area (Å²) in [4.78, 5) is 23.8. The summed E-state index contributed by atoms with van der Waals surface area (Å²) in [5.41, 5.74) is 0.754. The summed E-state index contributed by atoms with van der Waals surface area (Å²) in [6.07, 6.45) is 2.43. The number of nitrogens with one attached hydrogen (secondary N) is 2. The van der Waals surface area contributed by atoms with Gasteiger partial charge in [0.15, 0.2) is 0 Å². The molecule has 3 amide bonds. The van der Waals surface area contributed by atoms with Gasteiger partial charge in [-0.25, -0.2) is 13.2 Å². The van der Waals surface area contributed by atoms with E-state index < -0.39 is 22.0 Å². The Balaban J connectivity index is 2.14. The zero-order valence-electron chi connectivity index (χ0n) is 16.4. The summed E-state index contributed by atoms with van der Waals surface area (Å²) in [6, 6.07) is -0.571. The molecule has 2 rings (SSSR count). The summed E-state index contributed by atoms with van der Waals surface area (Å²) in [6.45, 7) is 8.50. The van der Waals surface area contributed by atoms with Gasteiger partial charge in [0.05, 0.1) is 11.4 Å². The first-order valence-electron chi connectivity index (χ1n) is 9.28. The van der Waals surface area contributed by atoms with Crippen molar-refractivity contribution in [2.75, 3.05) is 19.6 Å². The third-order valence-electron chi connectivity index (χ3n) is 4.74. The first-order valence-corrected chi connectivity index (χ1v) is 10.7. The van der Waals surface area contributed by atoms with E-state index in [2.05, 4.69) is 22.7 Å². The molecule has 0 aliphatic carbocycles. The summed E-state index contributed by atoms with van der Waals surface area (Å²) in [7, 11) is -3.66. The monoisotopic (exact) mass is 399 g/mol. The van der Waals surface area contributed by atoms with Gasteiger partial charge < -0.3 is 5.32 Å². The molecule has 9 nitrogen and oxygen atoms in total. The van der Waals surface area contributed by atoms with Gasteiger partial charge in [-0.15, -0.1) is 0 Å². The molecular formula is C17H29N5O4S. The highest BCUT2D eigenvalue weighted by Crippen LogP contribution is 2.27. The Morgan fingerprint density at radius 2 is 1.85 bits per heavy atom. The number of imide groups is 1. The Morgan fingerprint density at radius 1 is 1.22 bits per heavy atom. The SMILES string of the molecule is CCCNC(=O)NC(=O)Cn1nc(C)c(S(=O)(=O)N2CCC(C)CC2)c1C. The molecule has 0 radical (unpaired) electrons. The van der Waals surface area contributed by atoms with Crippen molar-refractivity contribution >= 4 is 22.0 Å². The van der Waals surface area contributed by atoms with Crippen LogP contribution in [0.1, 0.15) is 44.5 Å². The van der Waals surface area contributed by atoms with E-state index in [1.165, 1.54) is 8.99 Å². The lowest BCUT2D eigenvalue weighted by molar-refractivity contribution is -0.120. The van der Waals surface area contributed by atoms with Crippen LogP contribution in [0.3, 0.4) is 0 Å². The van der Waals surface area contributed by atoms with Crippen LogP contribution in [0.4, 0.5) is 4.79 Å².